The summed E-state index contributed by atoms with van der Waals surface area (Å²) in [6, 6.07) is 0. The molecule has 2 bridgehead atoms. The molecule has 1 saturated carbocycles. The van der Waals surface area contributed by atoms with E-state index < -0.39 is 11.8 Å². The average Bonchev–Trinajstić information content (AvgIpc) is 2.88. The van der Waals surface area contributed by atoms with E-state index in [0.29, 0.717) is 12.1 Å². The maximum absolute atomic E-state index is 11.9. The Morgan fingerprint density at radius 2 is 2.32 bits per heavy atom. The second-order valence-electron chi connectivity index (χ2n) is 6.29. The van der Waals surface area contributed by atoms with Crippen molar-refractivity contribution in [2.24, 2.45) is 0 Å². The van der Waals surface area contributed by atoms with E-state index in [0.717, 1.165) is 12.8 Å². The van der Waals surface area contributed by atoms with E-state index in [-0.39, 0.29) is 35.3 Å². The van der Waals surface area contributed by atoms with Gasteiger partial charge in [0.05, 0.1) is 12.9 Å². The monoisotopic (exact) mass is 305 g/mol. The van der Waals surface area contributed by atoms with Crippen LogP contribution >= 0.6 is 0 Å². The molecule has 3 atom stereocenters. The molecule has 22 heavy (non-hydrogen) atoms. The lowest BCUT2D eigenvalue weighted by atomic mass is 9.94. The van der Waals surface area contributed by atoms with Gasteiger partial charge in [0.1, 0.15) is 17.3 Å². The van der Waals surface area contributed by atoms with Crippen molar-refractivity contribution >= 4 is 17.1 Å². The van der Waals surface area contributed by atoms with Crippen molar-refractivity contribution in [3.63, 3.8) is 0 Å². The molecule has 116 valence electrons. The van der Waals surface area contributed by atoms with Crippen molar-refractivity contribution in [1.29, 1.82) is 0 Å². The Kier molecular flexibility index (Phi) is 2.10. The summed E-state index contributed by atoms with van der Waals surface area (Å²) >= 11 is 0. The molecule has 9 nitrogen and oxygen atoms in total. The van der Waals surface area contributed by atoms with Gasteiger partial charge in [-0.05, 0) is 12.8 Å². The smallest absolute Gasteiger partial charge is 0.280 e. The standard InChI is InChI=1S/C13H15N5O4/c14-11-16-8-7(9(20)17-11)15-5-18(8)10-6-3-13(4-19,22-10)12(21-6)1-2-12/h5-6,10,19H,1-4H2,(H3,14,16,17,20)/t6?,10-,13+/m1/s1. The first kappa shape index (κ1) is 12.6. The van der Waals surface area contributed by atoms with Crippen LogP contribution in [0.1, 0.15) is 25.5 Å². The zero-order chi connectivity index (χ0) is 15.1. The molecule has 2 aliphatic heterocycles. The number of hydrogen-bond acceptors (Lipinski definition) is 7. The van der Waals surface area contributed by atoms with E-state index in [1.807, 2.05) is 0 Å². The number of imidazole rings is 1. The van der Waals surface area contributed by atoms with E-state index in [1.165, 1.54) is 6.33 Å². The first-order valence-electron chi connectivity index (χ1n) is 7.26. The number of anilines is 1. The predicted octanol–water partition coefficient (Wildman–Crippen LogP) is -0.717. The molecule has 0 amide bonds. The topological polar surface area (TPSA) is 128 Å². The Balaban J connectivity index is 1.61. The maximum Gasteiger partial charge on any atom is 0.280 e. The zero-order valence-electron chi connectivity index (χ0n) is 11.7. The Hall–Kier alpha value is -1.97. The number of rotatable bonds is 2. The molecule has 4 N–H and O–H groups in total. The number of hydrogen-bond donors (Lipinski definition) is 3. The summed E-state index contributed by atoms with van der Waals surface area (Å²) in [6.45, 7) is -0.0806. The van der Waals surface area contributed by atoms with Gasteiger partial charge >= 0.3 is 0 Å². The SMILES string of the molecule is Nc1nc2c(ncn2[C@@H]2O[C@]3(CO)CC2OC32CC2)c(=O)[nH]1. The third-order valence-electron chi connectivity index (χ3n) is 5.09. The first-order chi connectivity index (χ1) is 10.6. The minimum absolute atomic E-state index is 0.0267. The second kappa shape index (κ2) is 3.67. The van der Waals surface area contributed by atoms with Crippen LogP contribution in [0.4, 0.5) is 5.95 Å². The molecule has 3 fully saturated rings. The first-order valence-corrected chi connectivity index (χ1v) is 7.26. The number of H-pyrrole nitrogens is 1. The van der Waals surface area contributed by atoms with Crippen LogP contribution in [0.25, 0.3) is 11.2 Å². The number of aromatic amines is 1. The summed E-state index contributed by atoms with van der Waals surface area (Å²) in [4.78, 5) is 22.5. The van der Waals surface area contributed by atoms with Crippen molar-refractivity contribution < 1.29 is 14.6 Å². The number of fused-ring (bicyclic) bond motifs is 4. The van der Waals surface area contributed by atoms with Crippen LogP contribution in [0, 0.1) is 0 Å². The molecule has 1 unspecified atom stereocenters. The fourth-order valence-electron chi connectivity index (χ4n) is 3.87. The molecule has 2 aromatic rings. The van der Waals surface area contributed by atoms with Crippen molar-refractivity contribution in [2.45, 2.75) is 42.8 Å². The van der Waals surface area contributed by atoms with Crippen LogP contribution in [0.3, 0.4) is 0 Å². The molecule has 0 radical (unpaired) electrons. The Labute approximate surface area is 124 Å². The van der Waals surface area contributed by atoms with E-state index >= 15 is 0 Å². The Bertz CT molecular complexity index is 841. The van der Waals surface area contributed by atoms with Gasteiger partial charge in [-0.3, -0.25) is 14.3 Å². The number of nitrogens with zero attached hydrogens (tertiary/aromatic N) is 3. The molecule has 3 aliphatic rings. The Morgan fingerprint density at radius 3 is 3.05 bits per heavy atom. The minimum Gasteiger partial charge on any atom is -0.393 e. The number of aromatic nitrogens is 4. The van der Waals surface area contributed by atoms with Crippen LogP contribution in [0.15, 0.2) is 11.1 Å². The zero-order valence-corrected chi connectivity index (χ0v) is 11.7. The van der Waals surface area contributed by atoms with Crippen LogP contribution in [0.2, 0.25) is 0 Å². The van der Waals surface area contributed by atoms with E-state index in [4.69, 9.17) is 15.2 Å². The van der Waals surface area contributed by atoms with Gasteiger partial charge in [0.15, 0.2) is 17.4 Å². The van der Waals surface area contributed by atoms with Gasteiger partial charge in [-0.15, -0.1) is 0 Å². The van der Waals surface area contributed by atoms with Crippen molar-refractivity contribution in [1.82, 2.24) is 19.5 Å². The molecule has 4 heterocycles. The largest absolute Gasteiger partial charge is 0.393 e. The average molecular weight is 305 g/mol. The molecule has 1 aliphatic carbocycles. The minimum atomic E-state index is -0.661. The lowest BCUT2D eigenvalue weighted by Crippen LogP contribution is -2.48. The molecule has 1 spiro atoms. The molecule has 2 saturated heterocycles. The van der Waals surface area contributed by atoms with E-state index in [1.54, 1.807) is 4.57 Å². The summed E-state index contributed by atoms with van der Waals surface area (Å²) in [5.41, 5.74) is 4.80. The van der Waals surface area contributed by atoms with Gasteiger partial charge in [0.25, 0.3) is 5.56 Å². The van der Waals surface area contributed by atoms with Gasteiger partial charge < -0.3 is 20.3 Å². The van der Waals surface area contributed by atoms with Crippen LogP contribution in [-0.4, -0.2) is 48.5 Å². The van der Waals surface area contributed by atoms with Crippen molar-refractivity contribution in [3.8, 4) is 0 Å². The number of nitrogen functional groups attached to an aromatic ring is 1. The van der Waals surface area contributed by atoms with Crippen LogP contribution in [-0.2, 0) is 9.47 Å². The van der Waals surface area contributed by atoms with Crippen LogP contribution < -0.4 is 11.3 Å². The lowest BCUT2D eigenvalue weighted by molar-refractivity contribution is -0.231. The highest BCUT2D eigenvalue weighted by atomic mass is 16.7. The molecule has 0 aromatic carbocycles. The van der Waals surface area contributed by atoms with E-state index in [9.17, 15) is 9.90 Å². The summed E-state index contributed by atoms with van der Waals surface area (Å²) < 4.78 is 13.9. The quantitative estimate of drug-likeness (QED) is 0.668. The Morgan fingerprint density at radius 1 is 1.50 bits per heavy atom. The number of nitrogens with two attached hydrogens (primary N) is 1. The number of ether oxygens (including phenoxy) is 2. The molecule has 5 rings (SSSR count). The van der Waals surface area contributed by atoms with Gasteiger partial charge in [-0.2, -0.15) is 4.98 Å². The molecular formula is C13H15N5O4. The number of nitrogens with one attached hydrogen (secondary N) is 1. The van der Waals surface area contributed by atoms with Crippen molar-refractivity contribution in [2.75, 3.05) is 12.3 Å². The third kappa shape index (κ3) is 1.32. The highest BCUT2D eigenvalue weighted by Gasteiger charge is 2.73. The van der Waals surface area contributed by atoms with Gasteiger partial charge in [-0.1, -0.05) is 0 Å². The number of aliphatic hydroxyl groups is 1. The molecular weight excluding hydrogens is 290 g/mol. The second-order valence-corrected chi connectivity index (χ2v) is 6.29. The van der Waals surface area contributed by atoms with Gasteiger partial charge in [0, 0.05) is 6.42 Å². The third-order valence-corrected chi connectivity index (χ3v) is 5.09. The highest BCUT2D eigenvalue weighted by Crippen LogP contribution is 2.64. The highest BCUT2D eigenvalue weighted by molar-refractivity contribution is 5.70. The summed E-state index contributed by atoms with van der Waals surface area (Å²) in [5, 5.41) is 9.82. The van der Waals surface area contributed by atoms with E-state index in [2.05, 4.69) is 15.0 Å². The summed E-state index contributed by atoms with van der Waals surface area (Å²) in [6.07, 6.45) is 3.31. The van der Waals surface area contributed by atoms with Crippen molar-refractivity contribution in [3.05, 3.63) is 16.7 Å². The molecule has 9 heteroatoms. The van der Waals surface area contributed by atoms with Crippen LogP contribution in [0.5, 0.6) is 0 Å². The fourth-order valence-corrected chi connectivity index (χ4v) is 3.87. The maximum atomic E-state index is 11.9. The van der Waals surface area contributed by atoms with Gasteiger partial charge in [0.2, 0.25) is 5.95 Å². The molecule has 2 aromatic heterocycles. The summed E-state index contributed by atoms with van der Waals surface area (Å²) in [7, 11) is 0. The lowest BCUT2D eigenvalue weighted by Gasteiger charge is -2.37. The normalized spacial score (nSPS) is 34.8. The number of aliphatic hydroxyl groups excluding tert-OH is 1. The fraction of sp³-hybridized carbons (Fsp3) is 0.615. The van der Waals surface area contributed by atoms with Gasteiger partial charge in [-0.25, -0.2) is 4.98 Å². The predicted molar refractivity (Wildman–Crippen MR) is 74.0 cm³/mol. The summed E-state index contributed by atoms with van der Waals surface area (Å²) in [5.74, 6) is 0.0267.